The maximum absolute atomic E-state index is 4.50. The smallest absolute Gasteiger partial charge is 0.191 e. The lowest BCUT2D eigenvalue weighted by molar-refractivity contribution is 0.651. The van der Waals surface area contributed by atoms with Gasteiger partial charge in [0.1, 0.15) is 5.82 Å². The SMILES string of the molecule is CCn1c(Cc2ccccc2)nnc1SCc1csc(C)n1. The van der Waals surface area contributed by atoms with Crippen LogP contribution < -0.4 is 0 Å². The van der Waals surface area contributed by atoms with Crippen LogP contribution in [0.5, 0.6) is 0 Å². The molecule has 0 spiro atoms. The van der Waals surface area contributed by atoms with Gasteiger partial charge in [0, 0.05) is 24.1 Å². The van der Waals surface area contributed by atoms with Gasteiger partial charge in [-0.25, -0.2) is 4.98 Å². The molecule has 22 heavy (non-hydrogen) atoms. The van der Waals surface area contributed by atoms with Gasteiger partial charge in [0.15, 0.2) is 5.16 Å². The number of thioether (sulfide) groups is 1. The van der Waals surface area contributed by atoms with Crippen LogP contribution in [0.1, 0.15) is 29.0 Å². The van der Waals surface area contributed by atoms with Gasteiger partial charge in [-0.05, 0) is 19.4 Å². The first-order valence-corrected chi connectivity index (χ1v) is 9.12. The van der Waals surface area contributed by atoms with Crippen molar-refractivity contribution < 1.29 is 0 Å². The van der Waals surface area contributed by atoms with Gasteiger partial charge in [-0.2, -0.15) is 0 Å². The molecule has 6 heteroatoms. The number of hydrogen-bond donors (Lipinski definition) is 0. The van der Waals surface area contributed by atoms with Crippen molar-refractivity contribution in [1.29, 1.82) is 0 Å². The van der Waals surface area contributed by atoms with Crippen molar-refractivity contribution in [2.75, 3.05) is 0 Å². The number of rotatable bonds is 6. The van der Waals surface area contributed by atoms with Crippen molar-refractivity contribution in [2.45, 2.75) is 37.7 Å². The third kappa shape index (κ3) is 3.56. The Morgan fingerprint density at radius 2 is 2.00 bits per heavy atom. The van der Waals surface area contributed by atoms with Crippen LogP contribution in [0.3, 0.4) is 0 Å². The zero-order valence-corrected chi connectivity index (χ0v) is 14.3. The molecule has 0 aliphatic carbocycles. The van der Waals surface area contributed by atoms with E-state index in [1.54, 1.807) is 23.1 Å². The fourth-order valence-corrected chi connectivity index (χ4v) is 3.90. The van der Waals surface area contributed by atoms with Crippen LogP contribution in [0.2, 0.25) is 0 Å². The first kappa shape index (κ1) is 15.2. The molecular formula is C16H18N4S2. The molecule has 0 N–H and O–H groups in total. The lowest BCUT2D eigenvalue weighted by atomic mass is 10.1. The molecule has 4 nitrogen and oxygen atoms in total. The molecule has 0 fully saturated rings. The average Bonchev–Trinajstić information content (AvgIpc) is 3.12. The van der Waals surface area contributed by atoms with Crippen molar-refractivity contribution in [3.05, 3.63) is 57.8 Å². The van der Waals surface area contributed by atoms with E-state index < -0.39 is 0 Å². The van der Waals surface area contributed by atoms with Gasteiger partial charge in [0.2, 0.25) is 0 Å². The van der Waals surface area contributed by atoms with Gasteiger partial charge < -0.3 is 4.57 Å². The number of nitrogens with zero attached hydrogens (tertiary/aromatic N) is 4. The summed E-state index contributed by atoms with van der Waals surface area (Å²) in [7, 11) is 0. The van der Waals surface area contributed by atoms with Gasteiger partial charge in [-0.3, -0.25) is 0 Å². The Kier molecular flexibility index (Phi) is 4.90. The molecule has 0 amide bonds. The molecule has 0 saturated heterocycles. The van der Waals surface area contributed by atoms with Crippen molar-refractivity contribution in [3.63, 3.8) is 0 Å². The molecule has 0 radical (unpaired) electrons. The van der Waals surface area contributed by atoms with E-state index in [4.69, 9.17) is 0 Å². The van der Waals surface area contributed by atoms with Gasteiger partial charge in [0.25, 0.3) is 0 Å². The molecule has 0 bridgehead atoms. The zero-order valence-electron chi connectivity index (χ0n) is 12.7. The van der Waals surface area contributed by atoms with Crippen LogP contribution in [-0.4, -0.2) is 19.7 Å². The normalized spacial score (nSPS) is 11.0. The van der Waals surface area contributed by atoms with Gasteiger partial charge >= 0.3 is 0 Å². The van der Waals surface area contributed by atoms with E-state index in [0.29, 0.717) is 0 Å². The molecule has 3 aromatic rings. The Morgan fingerprint density at radius 3 is 2.68 bits per heavy atom. The third-order valence-electron chi connectivity index (χ3n) is 3.33. The quantitative estimate of drug-likeness (QED) is 0.642. The second-order valence-corrected chi connectivity index (χ2v) is 6.96. The van der Waals surface area contributed by atoms with E-state index in [1.165, 1.54) is 5.56 Å². The Hall–Kier alpha value is -1.66. The maximum Gasteiger partial charge on any atom is 0.191 e. The lowest BCUT2D eigenvalue weighted by Gasteiger charge is -2.06. The molecule has 0 aliphatic rings. The van der Waals surface area contributed by atoms with E-state index in [1.807, 2.05) is 13.0 Å². The third-order valence-corrected chi connectivity index (χ3v) is 5.15. The molecule has 0 unspecified atom stereocenters. The summed E-state index contributed by atoms with van der Waals surface area (Å²) in [6.07, 6.45) is 0.818. The fraction of sp³-hybridized carbons (Fsp3) is 0.312. The largest absolute Gasteiger partial charge is 0.306 e. The van der Waals surface area contributed by atoms with Crippen molar-refractivity contribution in [1.82, 2.24) is 19.7 Å². The lowest BCUT2D eigenvalue weighted by Crippen LogP contribution is -2.04. The van der Waals surface area contributed by atoms with Crippen molar-refractivity contribution in [3.8, 4) is 0 Å². The average molecular weight is 330 g/mol. The monoisotopic (exact) mass is 330 g/mol. The van der Waals surface area contributed by atoms with Gasteiger partial charge in [0.05, 0.1) is 10.7 Å². The molecule has 1 aromatic carbocycles. The molecule has 0 atom stereocenters. The maximum atomic E-state index is 4.50. The minimum absolute atomic E-state index is 0.818. The summed E-state index contributed by atoms with van der Waals surface area (Å²) in [5.74, 6) is 1.86. The van der Waals surface area contributed by atoms with Crippen molar-refractivity contribution >= 4 is 23.1 Å². The van der Waals surface area contributed by atoms with Gasteiger partial charge in [-0.1, -0.05) is 42.1 Å². The van der Waals surface area contributed by atoms with Crippen LogP contribution in [-0.2, 0) is 18.7 Å². The van der Waals surface area contributed by atoms with Crippen molar-refractivity contribution in [2.24, 2.45) is 0 Å². The second kappa shape index (κ2) is 7.07. The Morgan fingerprint density at radius 1 is 1.18 bits per heavy atom. The molecule has 3 rings (SSSR count). The molecule has 0 saturated carbocycles. The zero-order chi connectivity index (χ0) is 15.4. The molecule has 2 aromatic heterocycles. The standard InChI is InChI=1S/C16H18N4S2/c1-3-20-15(9-13-7-5-4-6-8-13)18-19-16(20)22-11-14-10-21-12(2)17-14/h4-8,10H,3,9,11H2,1-2H3. The van der Waals surface area contributed by atoms with E-state index >= 15 is 0 Å². The van der Waals surface area contributed by atoms with E-state index in [0.717, 1.165) is 40.4 Å². The number of benzene rings is 1. The summed E-state index contributed by atoms with van der Waals surface area (Å²) in [6.45, 7) is 5.05. The first-order chi connectivity index (χ1) is 10.8. The first-order valence-electron chi connectivity index (χ1n) is 7.26. The fourth-order valence-electron chi connectivity index (χ4n) is 2.27. The number of aromatic nitrogens is 4. The molecule has 2 heterocycles. The highest BCUT2D eigenvalue weighted by atomic mass is 32.2. The molecular weight excluding hydrogens is 312 g/mol. The van der Waals surface area contributed by atoms with Crippen LogP contribution in [0, 0.1) is 6.92 Å². The van der Waals surface area contributed by atoms with Crippen LogP contribution in [0.4, 0.5) is 0 Å². The predicted octanol–water partition coefficient (Wildman–Crippen LogP) is 3.95. The highest BCUT2D eigenvalue weighted by Crippen LogP contribution is 2.23. The predicted molar refractivity (Wildman–Crippen MR) is 91.4 cm³/mol. The summed E-state index contributed by atoms with van der Waals surface area (Å²) < 4.78 is 2.19. The van der Waals surface area contributed by atoms with Crippen LogP contribution in [0.15, 0.2) is 40.9 Å². The summed E-state index contributed by atoms with van der Waals surface area (Å²) >= 11 is 3.39. The Labute approximate surface area is 138 Å². The van der Waals surface area contributed by atoms with E-state index in [9.17, 15) is 0 Å². The Balaban J connectivity index is 1.72. The Bertz CT molecular complexity index is 734. The van der Waals surface area contributed by atoms with Crippen LogP contribution in [0.25, 0.3) is 0 Å². The molecule has 0 aliphatic heterocycles. The van der Waals surface area contributed by atoms with E-state index in [-0.39, 0.29) is 0 Å². The minimum atomic E-state index is 0.818. The van der Waals surface area contributed by atoms with E-state index in [2.05, 4.69) is 56.3 Å². The topological polar surface area (TPSA) is 43.6 Å². The van der Waals surface area contributed by atoms with Gasteiger partial charge in [-0.15, -0.1) is 21.5 Å². The summed E-state index contributed by atoms with van der Waals surface area (Å²) in [6, 6.07) is 10.4. The van der Waals surface area contributed by atoms with Crippen LogP contribution >= 0.6 is 23.1 Å². The number of aryl methyl sites for hydroxylation is 1. The summed E-state index contributed by atoms with van der Waals surface area (Å²) in [5, 5.41) is 12.9. The number of thiazole rings is 1. The summed E-state index contributed by atoms with van der Waals surface area (Å²) in [4.78, 5) is 4.50. The highest BCUT2D eigenvalue weighted by molar-refractivity contribution is 7.98. The summed E-state index contributed by atoms with van der Waals surface area (Å²) in [5.41, 5.74) is 2.37. The minimum Gasteiger partial charge on any atom is -0.306 e. The highest BCUT2D eigenvalue weighted by Gasteiger charge is 2.12. The molecule has 114 valence electrons. The number of hydrogen-bond acceptors (Lipinski definition) is 5. The second-order valence-electron chi connectivity index (χ2n) is 4.95.